The molecule has 0 aliphatic carbocycles. The van der Waals surface area contributed by atoms with Gasteiger partial charge in [-0.05, 0) is 56.1 Å². The van der Waals surface area contributed by atoms with Crippen molar-refractivity contribution in [2.45, 2.75) is 44.3 Å². The first-order chi connectivity index (χ1) is 16.9. The van der Waals surface area contributed by atoms with Crippen LogP contribution in [-0.4, -0.2) is 78.1 Å². The molecule has 3 atom stereocenters. The Morgan fingerprint density at radius 1 is 0.971 bits per heavy atom. The quantitative estimate of drug-likeness (QED) is 0.556. The summed E-state index contributed by atoms with van der Waals surface area (Å²) >= 11 is 12.4. The molecule has 35 heavy (non-hydrogen) atoms. The van der Waals surface area contributed by atoms with Crippen LogP contribution in [0.1, 0.15) is 30.9 Å². The third kappa shape index (κ3) is 5.26. The Hall–Kier alpha value is -1.63. The van der Waals surface area contributed by atoms with Gasteiger partial charge in [-0.25, -0.2) is 0 Å². The van der Waals surface area contributed by atoms with E-state index in [9.17, 15) is 4.79 Å². The third-order valence-corrected chi connectivity index (χ3v) is 9.01. The number of hydrogen-bond acceptors (Lipinski definition) is 4. The number of benzene rings is 2. The molecule has 0 N–H and O–H groups in total. The van der Waals surface area contributed by atoms with Crippen molar-refractivity contribution in [3.8, 4) is 0 Å². The van der Waals surface area contributed by atoms with E-state index in [1.54, 1.807) is 6.07 Å². The van der Waals surface area contributed by atoms with Crippen LogP contribution < -0.4 is 0 Å². The van der Waals surface area contributed by atoms with Gasteiger partial charge >= 0.3 is 0 Å². The second-order valence-corrected chi connectivity index (χ2v) is 11.2. The molecule has 3 aliphatic rings. The Labute approximate surface area is 218 Å². The largest absolute Gasteiger partial charge is 0.379 e. The molecule has 2 aromatic rings. The van der Waals surface area contributed by atoms with Crippen LogP contribution in [0, 0.1) is 5.92 Å². The zero-order chi connectivity index (χ0) is 24.4. The lowest BCUT2D eigenvalue weighted by atomic mass is 9.73. The van der Waals surface area contributed by atoms with E-state index in [1.807, 2.05) is 12.1 Å². The number of hydrogen-bond donors (Lipinski definition) is 0. The summed E-state index contributed by atoms with van der Waals surface area (Å²) in [6, 6.07) is 16.3. The number of nitrogens with zero attached hydrogens (tertiary/aromatic N) is 3. The molecule has 0 saturated carbocycles. The highest BCUT2D eigenvalue weighted by Crippen LogP contribution is 2.40. The predicted octanol–water partition coefficient (Wildman–Crippen LogP) is 4.75. The average Bonchev–Trinajstić information content (AvgIpc) is 3.36. The molecule has 7 heteroatoms. The number of halogens is 2. The maximum Gasteiger partial charge on any atom is 0.227 e. The molecule has 5 rings (SSSR count). The lowest BCUT2D eigenvalue weighted by Crippen LogP contribution is -2.75. The Morgan fingerprint density at radius 3 is 2.49 bits per heavy atom. The number of rotatable bonds is 6. The molecule has 2 aromatic carbocycles. The lowest BCUT2D eigenvalue weighted by Gasteiger charge is -2.60. The number of ether oxygens (including phenoxy) is 1. The summed E-state index contributed by atoms with van der Waals surface area (Å²) in [4.78, 5) is 21.1. The molecule has 188 valence electrons. The monoisotopic (exact) mass is 515 g/mol. The molecule has 0 bridgehead atoms. The smallest absolute Gasteiger partial charge is 0.227 e. The first-order valence-corrected chi connectivity index (χ1v) is 13.5. The molecular weight excluding hydrogens is 481 g/mol. The molecule has 0 aromatic heterocycles. The van der Waals surface area contributed by atoms with E-state index < -0.39 is 0 Å². The van der Waals surface area contributed by atoms with Crippen LogP contribution >= 0.6 is 23.2 Å². The van der Waals surface area contributed by atoms with Gasteiger partial charge in [0.15, 0.2) is 0 Å². The van der Waals surface area contributed by atoms with Crippen LogP contribution in [0.15, 0.2) is 48.5 Å². The zero-order valence-corrected chi connectivity index (χ0v) is 22.0. The Balaban J connectivity index is 1.42. The fraction of sp³-hybridized carbons (Fsp3) is 0.536. The molecule has 3 fully saturated rings. The highest BCUT2D eigenvalue weighted by molar-refractivity contribution is 6.42. The first kappa shape index (κ1) is 25.0. The van der Waals surface area contributed by atoms with E-state index in [0.717, 1.165) is 44.8 Å². The van der Waals surface area contributed by atoms with E-state index in [0.29, 0.717) is 29.7 Å². The SMILES string of the molecule is CC12C(CN3CCCC3)COCC1N(Cc1ccccc1)CCN2C(=O)Cc1ccc(Cl)c(Cl)c1. The third-order valence-electron chi connectivity index (χ3n) is 8.28. The van der Waals surface area contributed by atoms with Gasteiger partial charge in [-0.3, -0.25) is 9.69 Å². The molecule has 0 spiro atoms. The van der Waals surface area contributed by atoms with E-state index in [-0.39, 0.29) is 23.4 Å². The van der Waals surface area contributed by atoms with Crippen molar-refractivity contribution < 1.29 is 9.53 Å². The van der Waals surface area contributed by atoms with Gasteiger partial charge in [0.1, 0.15) is 0 Å². The van der Waals surface area contributed by atoms with Gasteiger partial charge in [0.05, 0.1) is 41.3 Å². The molecule has 5 nitrogen and oxygen atoms in total. The zero-order valence-electron chi connectivity index (χ0n) is 20.5. The number of likely N-dealkylation sites (tertiary alicyclic amines) is 1. The molecule has 0 radical (unpaired) electrons. The summed E-state index contributed by atoms with van der Waals surface area (Å²) in [5, 5.41) is 1.01. The van der Waals surface area contributed by atoms with Crippen LogP contribution in [-0.2, 0) is 22.5 Å². The second-order valence-electron chi connectivity index (χ2n) is 10.4. The molecule has 3 saturated heterocycles. The number of amides is 1. The van der Waals surface area contributed by atoms with Gasteiger partial charge in [-0.1, -0.05) is 59.6 Å². The fourth-order valence-electron chi connectivity index (χ4n) is 6.27. The predicted molar refractivity (Wildman–Crippen MR) is 141 cm³/mol. The highest BCUT2D eigenvalue weighted by atomic mass is 35.5. The standard InChI is InChI=1S/C28H35Cl2N3O2/c1-28-23(18-31-11-5-6-12-31)19-35-20-26(28)32(17-21-7-3-2-4-8-21)13-14-33(28)27(34)16-22-9-10-24(29)25(30)15-22/h2-4,7-10,15,23,26H,5-6,11-14,16-20H2,1H3. The van der Waals surface area contributed by atoms with Crippen LogP contribution in [0.4, 0.5) is 0 Å². The van der Waals surface area contributed by atoms with E-state index in [4.69, 9.17) is 27.9 Å². The Morgan fingerprint density at radius 2 is 1.74 bits per heavy atom. The van der Waals surface area contributed by atoms with Crippen molar-refractivity contribution in [3.63, 3.8) is 0 Å². The van der Waals surface area contributed by atoms with Crippen molar-refractivity contribution in [1.82, 2.24) is 14.7 Å². The van der Waals surface area contributed by atoms with Gasteiger partial charge in [0, 0.05) is 32.1 Å². The molecular formula is C28H35Cl2N3O2. The van der Waals surface area contributed by atoms with Crippen molar-refractivity contribution >= 4 is 29.1 Å². The minimum absolute atomic E-state index is 0.149. The summed E-state index contributed by atoms with van der Waals surface area (Å²) < 4.78 is 6.23. The van der Waals surface area contributed by atoms with Crippen molar-refractivity contribution in [2.75, 3.05) is 45.9 Å². The normalized spacial score (nSPS) is 27.7. The maximum atomic E-state index is 13.8. The average molecular weight is 517 g/mol. The van der Waals surface area contributed by atoms with Crippen molar-refractivity contribution in [2.24, 2.45) is 5.92 Å². The number of carbonyl (C=O) groups is 1. The molecule has 1 amide bonds. The van der Waals surface area contributed by atoms with Gasteiger partial charge in [-0.2, -0.15) is 0 Å². The maximum absolute atomic E-state index is 13.8. The number of carbonyl (C=O) groups excluding carboxylic acids is 1. The summed E-state index contributed by atoms with van der Waals surface area (Å²) in [5.41, 5.74) is 1.90. The summed E-state index contributed by atoms with van der Waals surface area (Å²) in [6.45, 7) is 9.34. The van der Waals surface area contributed by atoms with Gasteiger partial charge in [0.2, 0.25) is 5.91 Å². The van der Waals surface area contributed by atoms with Crippen LogP contribution in [0.25, 0.3) is 0 Å². The van der Waals surface area contributed by atoms with Gasteiger partial charge in [0.25, 0.3) is 0 Å². The first-order valence-electron chi connectivity index (χ1n) is 12.8. The molecule has 3 aliphatic heterocycles. The minimum Gasteiger partial charge on any atom is -0.379 e. The van der Waals surface area contributed by atoms with Crippen LogP contribution in [0.2, 0.25) is 10.0 Å². The van der Waals surface area contributed by atoms with E-state index in [2.05, 4.69) is 52.0 Å². The summed E-state index contributed by atoms with van der Waals surface area (Å²) in [7, 11) is 0. The topological polar surface area (TPSA) is 36.0 Å². The Bertz CT molecular complexity index is 1030. The van der Waals surface area contributed by atoms with Crippen molar-refractivity contribution in [1.29, 1.82) is 0 Å². The number of piperazine rings is 1. The van der Waals surface area contributed by atoms with E-state index >= 15 is 0 Å². The van der Waals surface area contributed by atoms with Crippen LogP contribution in [0.3, 0.4) is 0 Å². The Kier molecular flexibility index (Phi) is 7.71. The van der Waals surface area contributed by atoms with E-state index in [1.165, 1.54) is 18.4 Å². The van der Waals surface area contributed by atoms with Gasteiger partial charge in [-0.15, -0.1) is 0 Å². The number of fused-ring (bicyclic) bond motifs is 1. The summed E-state index contributed by atoms with van der Waals surface area (Å²) in [6.07, 6.45) is 2.84. The lowest BCUT2D eigenvalue weighted by molar-refractivity contribution is -0.176. The summed E-state index contributed by atoms with van der Waals surface area (Å²) in [5.74, 6) is 0.416. The van der Waals surface area contributed by atoms with Crippen LogP contribution in [0.5, 0.6) is 0 Å². The van der Waals surface area contributed by atoms with Gasteiger partial charge < -0.3 is 14.5 Å². The fourth-order valence-corrected chi connectivity index (χ4v) is 6.59. The molecule has 3 heterocycles. The minimum atomic E-state index is -0.304. The van der Waals surface area contributed by atoms with Crippen molar-refractivity contribution in [3.05, 3.63) is 69.7 Å². The highest BCUT2D eigenvalue weighted by Gasteiger charge is 2.55. The molecule has 3 unspecified atom stereocenters. The second kappa shape index (κ2) is 10.8.